The van der Waals surface area contributed by atoms with Crippen molar-refractivity contribution in [3.8, 4) is 0 Å². The first-order chi connectivity index (χ1) is 10.8. The molecule has 0 aliphatic heterocycles. The number of nitrogens with zero attached hydrogens (tertiary/aromatic N) is 1. The maximum atomic E-state index is 12.5. The Balaban J connectivity index is 2.41. The maximum Gasteiger partial charge on any atom is 0.337 e. The molecule has 2 rings (SSSR count). The van der Waals surface area contributed by atoms with E-state index in [1.807, 2.05) is 0 Å². The average molecular weight is 334 g/mol. The van der Waals surface area contributed by atoms with E-state index in [1.54, 1.807) is 13.0 Å². The number of benzene rings is 2. The monoisotopic (exact) mass is 333 g/mol. The van der Waals surface area contributed by atoms with Crippen LogP contribution in [0.3, 0.4) is 0 Å². The molecule has 0 saturated heterocycles. The van der Waals surface area contributed by atoms with E-state index in [0.717, 1.165) is 6.07 Å². The minimum absolute atomic E-state index is 0.000597. The number of esters is 1. The van der Waals surface area contributed by atoms with E-state index >= 15 is 0 Å². The number of halogens is 1. The fourth-order valence-corrected chi connectivity index (χ4v) is 2.37. The van der Waals surface area contributed by atoms with Gasteiger partial charge in [-0.15, -0.1) is 0 Å². The van der Waals surface area contributed by atoms with Crippen LogP contribution in [0.2, 0.25) is 5.02 Å². The van der Waals surface area contributed by atoms with E-state index in [2.05, 4.69) is 4.74 Å². The lowest BCUT2D eigenvalue weighted by Gasteiger charge is -2.08. The number of rotatable bonds is 4. The molecule has 0 radical (unpaired) electrons. The molecule has 0 aliphatic carbocycles. The lowest BCUT2D eigenvalue weighted by Crippen LogP contribution is -2.07. The van der Waals surface area contributed by atoms with Crippen LogP contribution in [-0.4, -0.2) is 23.8 Å². The first kappa shape index (κ1) is 16.6. The molecule has 0 saturated carbocycles. The third-order valence-electron chi connectivity index (χ3n) is 3.30. The molecule has 0 heterocycles. The van der Waals surface area contributed by atoms with Gasteiger partial charge in [0.1, 0.15) is 0 Å². The van der Waals surface area contributed by atoms with Crippen molar-refractivity contribution in [3.05, 3.63) is 73.8 Å². The zero-order valence-corrected chi connectivity index (χ0v) is 13.1. The number of nitro groups is 1. The second-order valence-corrected chi connectivity index (χ2v) is 5.18. The Morgan fingerprint density at radius 2 is 1.78 bits per heavy atom. The molecule has 0 aromatic heterocycles. The normalized spacial score (nSPS) is 10.2. The van der Waals surface area contributed by atoms with E-state index in [0.29, 0.717) is 16.7 Å². The number of nitro benzene ring substituents is 1. The third-order valence-corrected chi connectivity index (χ3v) is 3.61. The summed E-state index contributed by atoms with van der Waals surface area (Å²) in [6.07, 6.45) is 0. The van der Waals surface area contributed by atoms with Crippen molar-refractivity contribution in [2.24, 2.45) is 0 Å². The molecular formula is C16H12ClNO5. The van der Waals surface area contributed by atoms with Gasteiger partial charge in [-0.2, -0.15) is 0 Å². The van der Waals surface area contributed by atoms with Crippen LogP contribution in [0.25, 0.3) is 0 Å². The van der Waals surface area contributed by atoms with Crippen molar-refractivity contribution < 1.29 is 19.2 Å². The van der Waals surface area contributed by atoms with Gasteiger partial charge < -0.3 is 4.74 Å². The molecule has 0 amide bonds. The van der Waals surface area contributed by atoms with E-state index < -0.39 is 10.9 Å². The predicted octanol–water partition coefficient (Wildman–Crippen LogP) is 3.57. The molecule has 0 spiro atoms. The third kappa shape index (κ3) is 3.37. The van der Waals surface area contributed by atoms with Crippen molar-refractivity contribution in [3.63, 3.8) is 0 Å². The fourth-order valence-electron chi connectivity index (χ4n) is 2.11. The summed E-state index contributed by atoms with van der Waals surface area (Å²) in [6, 6.07) is 8.19. The minimum Gasteiger partial charge on any atom is -0.465 e. The van der Waals surface area contributed by atoms with Crippen LogP contribution in [0.4, 0.5) is 5.69 Å². The van der Waals surface area contributed by atoms with Crippen LogP contribution in [0.5, 0.6) is 0 Å². The van der Waals surface area contributed by atoms with Crippen LogP contribution < -0.4 is 0 Å². The molecule has 0 bridgehead atoms. The Hall–Kier alpha value is -2.73. The summed E-state index contributed by atoms with van der Waals surface area (Å²) in [7, 11) is 1.27. The van der Waals surface area contributed by atoms with Crippen LogP contribution in [-0.2, 0) is 4.74 Å². The van der Waals surface area contributed by atoms with Crippen LogP contribution in [0, 0.1) is 17.0 Å². The highest BCUT2D eigenvalue weighted by Gasteiger charge is 2.19. The highest BCUT2D eigenvalue weighted by molar-refractivity contribution is 6.35. The van der Waals surface area contributed by atoms with Crippen LogP contribution >= 0.6 is 11.6 Å². The van der Waals surface area contributed by atoms with E-state index in [-0.39, 0.29) is 22.1 Å². The fraction of sp³-hybridized carbons (Fsp3) is 0.125. The molecule has 7 heteroatoms. The molecule has 2 aromatic carbocycles. The maximum absolute atomic E-state index is 12.5. The second kappa shape index (κ2) is 6.58. The summed E-state index contributed by atoms with van der Waals surface area (Å²) in [4.78, 5) is 34.1. The van der Waals surface area contributed by atoms with E-state index in [4.69, 9.17) is 11.6 Å². The smallest absolute Gasteiger partial charge is 0.337 e. The molecule has 0 fully saturated rings. The molecular weight excluding hydrogens is 322 g/mol. The molecule has 23 heavy (non-hydrogen) atoms. The summed E-state index contributed by atoms with van der Waals surface area (Å²) in [5.41, 5.74) is 1.23. The standard InChI is InChI=1S/C16H12ClNO5/c1-9-7-10(16(20)23-2)3-5-12(9)15(19)13-6-4-11(18(21)22)8-14(13)17/h3-8H,1-2H3. The average Bonchev–Trinajstić information content (AvgIpc) is 2.53. The topological polar surface area (TPSA) is 86.5 Å². The number of hydrogen-bond acceptors (Lipinski definition) is 5. The van der Waals surface area contributed by atoms with Crippen molar-refractivity contribution >= 4 is 29.0 Å². The molecule has 0 aliphatic rings. The molecule has 0 atom stereocenters. The minimum atomic E-state index is -0.587. The number of ether oxygens (including phenoxy) is 1. The predicted molar refractivity (Wildman–Crippen MR) is 84.1 cm³/mol. The second-order valence-electron chi connectivity index (χ2n) is 4.77. The summed E-state index contributed by atoms with van der Waals surface area (Å²) >= 11 is 5.98. The summed E-state index contributed by atoms with van der Waals surface area (Å²) < 4.78 is 4.62. The van der Waals surface area contributed by atoms with Gasteiger partial charge in [0.25, 0.3) is 5.69 Å². The quantitative estimate of drug-likeness (QED) is 0.369. The lowest BCUT2D eigenvalue weighted by atomic mass is 9.97. The summed E-state index contributed by atoms with van der Waals surface area (Å²) in [6.45, 7) is 1.68. The van der Waals surface area contributed by atoms with Crippen molar-refractivity contribution in [2.75, 3.05) is 7.11 Å². The van der Waals surface area contributed by atoms with Gasteiger partial charge in [0.15, 0.2) is 5.78 Å². The first-order valence-corrected chi connectivity index (χ1v) is 6.90. The van der Waals surface area contributed by atoms with Gasteiger partial charge in [0.2, 0.25) is 0 Å². The molecule has 0 N–H and O–H groups in total. The first-order valence-electron chi connectivity index (χ1n) is 6.52. The van der Waals surface area contributed by atoms with Gasteiger partial charge in [-0.3, -0.25) is 14.9 Å². The summed E-state index contributed by atoms with van der Waals surface area (Å²) in [5, 5.41) is 10.7. The van der Waals surface area contributed by atoms with Gasteiger partial charge in [0.05, 0.1) is 22.6 Å². The van der Waals surface area contributed by atoms with Gasteiger partial charge in [-0.25, -0.2) is 4.79 Å². The molecule has 0 unspecified atom stereocenters. The number of carbonyl (C=O) groups is 2. The van der Waals surface area contributed by atoms with Gasteiger partial charge in [-0.05, 0) is 36.8 Å². The number of carbonyl (C=O) groups excluding carboxylic acids is 2. The molecule has 6 nitrogen and oxygen atoms in total. The highest BCUT2D eigenvalue weighted by atomic mass is 35.5. The number of hydrogen-bond donors (Lipinski definition) is 0. The SMILES string of the molecule is COC(=O)c1ccc(C(=O)c2ccc([N+](=O)[O-])cc2Cl)c(C)c1. The number of aryl methyl sites for hydroxylation is 1. The van der Waals surface area contributed by atoms with Crippen molar-refractivity contribution in [1.82, 2.24) is 0 Å². The Morgan fingerprint density at radius 3 is 2.30 bits per heavy atom. The van der Waals surface area contributed by atoms with Crippen molar-refractivity contribution in [2.45, 2.75) is 6.92 Å². The molecule has 2 aromatic rings. The largest absolute Gasteiger partial charge is 0.465 e. The number of non-ortho nitro benzene ring substituents is 1. The van der Waals surface area contributed by atoms with E-state index in [1.165, 1.54) is 31.4 Å². The number of methoxy groups -OCH3 is 1. The Labute approximate surface area is 136 Å². The van der Waals surface area contributed by atoms with E-state index in [9.17, 15) is 19.7 Å². The van der Waals surface area contributed by atoms with Gasteiger partial charge >= 0.3 is 5.97 Å². The zero-order chi connectivity index (χ0) is 17.1. The van der Waals surface area contributed by atoms with Gasteiger partial charge in [0, 0.05) is 23.3 Å². The highest BCUT2D eigenvalue weighted by Crippen LogP contribution is 2.26. The van der Waals surface area contributed by atoms with Crippen molar-refractivity contribution in [1.29, 1.82) is 0 Å². The van der Waals surface area contributed by atoms with Crippen LogP contribution in [0.1, 0.15) is 31.8 Å². The zero-order valence-electron chi connectivity index (χ0n) is 12.3. The Morgan fingerprint density at radius 1 is 1.13 bits per heavy atom. The van der Waals surface area contributed by atoms with Crippen LogP contribution in [0.15, 0.2) is 36.4 Å². The lowest BCUT2D eigenvalue weighted by molar-refractivity contribution is -0.384. The Bertz CT molecular complexity index is 816. The van der Waals surface area contributed by atoms with Gasteiger partial charge in [-0.1, -0.05) is 11.6 Å². The summed E-state index contributed by atoms with van der Waals surface area (Å²) in [5.74, 6) is -0.876. The Kier molecular flexibility index (Phi) is 4.76. The molecule has 118 valence electrons. The number of ketones is 1.